The second-order valence-corrected chi connectivity index (χ2v) is 9.98. The molecule has 0 aromatic heterocycles. The van der Waals surface area contributed by atoms with Crippen LogP contribution in [-0.4, -0.2) is 53.8 Å². The van der Waals surface area contributed by atoms with Gasteiger partial charge in [0.1, 0.15) is 18.4 Å². The molecule has 2 amide bonds. The van der Waals surface area contributed by atoms with E-state index in [1.165, 1.54) is 36.8 Å². The SMILES string of the molecule is CCC1CCN(Cc2ccc(COc3cccc4c3CN(C(CCC(=O)OC)C(N)=O)C4=O)cc2)CC1. The number of piperidine rings is 1. The van der Waals surface area contributed by atoms with E-state index in [1.54, 1.807) is 12.1 Å². The lowest BCUT2D eigenvalue weighted by atomic mass is 9.94. The zero-order valence-electron chi connectivity index (χ0n) is 21.8. The molecule has 2 aromatic rings. The van der Waals surface area contributed by atoms with Gasteiger partial charge in [-0.2, -0.15) is 0 Å². The number of hydrogen-bond acceptors (Lipinski definition) is 6. The van der Waals surface area contributed by atoms with Crippen LogP contribution in [0.15, 0.2) is 42.5 Å². The van der Waals surface area contributed by atoms with Crippen LogP contribution in [0, 0.1) is 5.92 Å². The van der Waals surface area contributed by atoms with E-state index in [2.05, 4.69) is 40.8 Å². The van der Waals surface area contributed by atoms with E-state index in [-0.39, 0.29) is 25.3 Å². The van der Waals surface area contributed by atoms with Crippen molar-refractivity contribution in [2.24, 2.45) is 11.7 Å². The summed E-state index contributed by atoms with van der Waals surface area (Å²) in [6.07, 6.45) is 3.96. The molecule has 4 rings (SSSR count). The van der Waals surface area contributed by atoms with Gasteiger partial charge in [-0.05, 0) is 61.5 Å². The zero-order chi connectivity index (χ0) is 26.4. The number of primary amides is 1. The van der Waals surface area contributed by atoms with Crippen molar-refractivity contribution in [3.05, 3.63) is 64.7 Å². The number of benzene rings is 2. The molecule has 8 heteroatoms. The topological polar surface area (TPSA) is 102 Å². The molecule has 37 heavy (non-hydrogen) atoms. The highest BCUT2D eigenvalue weighted by atomic mass is 16.5. The van der Waals surface area contributed by atoms with Crippen molar-refractivity contribution in [1.29, 1.82) is 0 Å². The number of nitrogens with zero attached hydrogens (tertiary/aromatic N) is 2. The second-order valence-electron chi connectivity index (χ2n) is 9.98. The lowest BCUT2D eigenvalue weighted by molar-refractivity contribution is -0.141. The predicted octanol–water partition coefficient (Wildman–Crippen LogP) is 3.65. The molecule has 2 aliphatic heterocycles. The first-order valence-electron chi connectivity index (χ1n) is 13.1. The van der Waals surface area contributed by atoms with Crippen LogP contribution in [0.5, 0.6) is 5.75 Å². The number of carbonyl (C=O) groups is 3. The Hall–Kier alpha value is -3.39. The van der Waals surface area contributed by atoms with Gasteiger partial charge >= 0.3 is 5.97 Å². The van der Waals surface area contributed by atoms with Crippen LogP contribution in [0.4, 0.5) is 0 Å². The van der Waals surface area contributed by atoms with E-state index in [0.29, 0.717) is 17.9 Å². The average molecular weight is 508 g/mol. The fraction of sp³-hybridized carbons (Fsp3) is 0.483. The Kier molecular flexibility index (Phi) is 8.82. The van der Waals surface area contributed by atoms with Crippen LogP contribution >= 0.6 is 0 Å². The molecule has 1 fully saturated rings. The van der Waals surface area contributed by atoms with E-state index in [9.17, 15) is 14.4 Å². The summed E-state index contributed by atoms with van der Waals surface area (Å²) in [5.41, 5.74) is 9.13. The number of nitrogens with two attached hydrogens (primary N) is 1. The third-order valence-corrected chi connectivity index (χ3v) is 7.61. The number of amides is 2. The summed E-state index contributed by atoms with van der Waals surface area (Å²) < 4.78 is 10.8. The minimum absolute atomic E-state index is 0.000598. The number of fused-ring (bicyclic) bond motifs is 1. The van der Waals surface area contributed by atoms with E-state index in [4.69, 9.17) is 10.5 Å². The van der Waals surface area contributed by atoms with Crippen molar-refractivity contribution in [2.75, 3.05) is 20.2 Å². The first-order valence-corrected chi connectivity index (χ1v) is 13.1. The largest absolute Gasteiger partial charge is 0.489 e. The molecule has 0 spiro atoms. The minimum atomic E-state index is -0.896. The number of methoxy groups -OCH3 is 1. The van der Waals surface area contributed by atoms with Crippen LogP contribution in [0.3, 0.4) is 0 Å². The maximum atomic E-state index is 13.1. The van der Waals surface area contributed by atoms with Crippen LogP contribution < -0.4 is 10.5 Å². The summed E-state index contributed by atoms with van der Waals surface area (Å²) >= 11 is 0. The third kappa shape index (κ3) is 6.49. The summed E-state index contributed by atoms with van der Waals surface area (Å²) in [6.45, 7) is 6.15. The van der Waals surface area contributed by atoms with Gasteiger partial charge in [0.05, 0.1) is 13.7 Å². The van der Waals surface area contributed by atoms with E-state index in [1.807, 2.05) is 6.07 Å². The molecule has 1 unspecified atom stereocenters. The fourth-order valence-corrected chi connectivity index (χ4v) is 5.23. The smallest absolute Gasteiger partial charge is 0.305 e. The lowest BCUT2D eigenvalue weighted by Crippen LogP contribution is -2.45. The van der Waals surface area contributed by atoms with Gasteiger partial charge in [-0.15, -0.1) is 0 Å². The van der Waals surface area contributed by atoms with Gasteiger partial charge in [0, 0.05) is 24.1 Å². The van der Waals surface area contributed by atoms with Crippen LogP contribution in [0.25, 0.3) is 0 Å². The fourth-order valence-electron chi connectivity index (χ4n) is 5.23. The number of likely N-dealkylation sites (tertiary alicyclic amines) is 1. The maximum absolute atomic E-state index is 13.1. The predicted molar refractivity (Wildman–Crippen MR) is 140 cm³/mol. The Morgan fingerprint density at radius 2 is 1.78 bits per heavy atom. The Bertz CT molecular complexity index is 1110. The normalized spacial score (nSPS) is 16.9. The van der Waals surface area contributed by atoms with Gasteiger partial charge in [0.25, 0.3) is 5.91 Å². The number of esters is 1. The quantitative estimate of drug-likeness (QED) is 0.466. The van der Waals surface area contributed by atoms with Crippen molar-refractivity contribution in [3.8, 4) is 5.75 Å². The van der Waals surface area contributed by atoms with Gasteiger partial charge < -0.3 is 20.1 Å². The van der Waals surface area contributed by atoms with Crippen LogP contribution in [0.1, 0.15) is 66.1 Å². The molecule has 0 saturated carbocycles. The third-order valence-electron chi connectivity index (χ3n) is 7.61. The highest BCUT2D eigenvalue weighted by Gasteiger charge is 2.37. The zero-order valence-corrected chi connectivity index (χ0v) is 21.8. The maximum Gasteiger partial charge on any atom is 0.305 e. The molecule has 1 saturated heterocycles. The molecule has 2 heterocycles. The van der Waals surface area contributed by atoms with E-state index >= 15 is 0 Å². The van der Waals surface area contributed by atoms with Crippen molar-refractivity contribution in [1.82, 2.24) is 9.80 Å². The first-order chi connectivity index (χ1) is 17.9. The number of hydrogen-bond donors (Lipinski definition) is 1. The second kappa shape index (κ2) is 12.2. The molecule has 2 aliphatic rings. The monoisotopic (exact) mass is 507 g/mol. The van der Waals surface area contributed by atoms with Crippen molar-refractivity contribution < 1.29 is 23.9 Å². The van der Waals surface area contributed by atoms with Crippen molar-refractivity contribution in [3.63, 3.8) is 0 Å². The van der Waals surface area contributed by atoms with Gasteiger partial charge in [-0.1, -0.05) is 43.7 Å². The highest BCUT2D eigenvalue weighted by Crippen LogP contribution is 2.33. The average Bonchev–Trinajstić information content (AvgIpc) is 3.25. The van der Waals surface area contributed by atoms with Gasteiger partial charge in [-0.3, -0.25) is 19.3 Å². The molecule has 1 atom stereocenters. The molecule has 0 bridgehead atoms. The Morgan fingerprint density at radius 3 is 2.43 bits per heavy atom. The lowest BCUT2D eigenvalue weighted by Gasteiger charge is -2.31. The summed E-state index contributed by atoms with van der Waals surface area (Å²) in [5, 5.41) is 0. The van der Waals surface area contributed by atoms with Gasteiger partial charge in [-0.25, -0.2) is 0 Å². The molecular weight excluding hydrogens is 470 g/mol. The van der Waals surface area contributed by atoms with Gasteiger partial charge in [0.15, 0.2) is 0 Å². The molecular formula is C29H37N3O5. The standard InChI is InChI=1S/C29H37N3O5/c1-3-20-13-15-31(16-14-20)17-21-7-9-22(10-8-21)19-37-26-6-4-5-23-24(26)18-32(29(23)35)25(28(30)34)11-12-27(33)36-2/h4-10,20,25H,3,11-19H2,1-2H3,(H2,30,34). The molecule has 8 nitrogen and oxygen atoms in total. The van der Waals surface area contributed by atoms with Crippen LogP contribution in [0.2, 0.25) is 0 Å². The van der Waals surface area contributed by atoms with E-state index < -0.39 is 17.9 Å². The van der Waals surface area contributed by atoms with Crippen molar-refractivity contribution in [2.45, 2.75) is 64.8 Å². The van der Waals surface area contributed by atoms with Crippen molar-refractivity contribution >= 4 is 17.8 Å². The first kappa shape index (κ1) is 26.7. The summed E-state index contributed by atoms with van der Waals surface area (Å²) in [4.78, 5) is 40.7. The highest BCUT2D eigenvalue weighted by molar-refractivity contribution is 6.01. The van der Waals surface area contributed by atoms with Gasteiger partial charge in [0.2, 0.25) is 5.91 Å². The summed E-state index contributed by atoms with van der Waals surface area (Å²) in [6, 6.07) is 12.9. The molecule has 0 radical (unpaired) electrons. The molecule has 198 valence electrons. The number of ether oxygens (including phenoxy) is 2. The molecule has 2 aromatic carbocycles. The van der Waals surface area contributed by atoms with Crippen LogP contribution in [-0.2, 0) is 34.0 Å². The number of carbonyl (C=O) groups excluding carboxylic acids is 3. The Morgan fingerprint density at radius 1 is 1.08 bits per heavy atom. The minimum Gasteiger partial charge on any atom is -0.489 e. The Labute approximate surface area is 218 Å². The molecule has 0 aliphatic carbocycles. The molecule has 2 N–H and O–H groups in total. The van der Waals surface area contributed by atoms with E-state index in [0.717, 1.165) is 36.7 Å². The summed E-state index contributed by atoms with van der Waals surface area (Å²) in [5.74, 6) is 0.0850. The summed E-state index contributed by atoms with van der Waals surface area (Å²) in [7, 11) is 1.28. The Balaban J connectivity index is 1.36. The number of rotatable bonds is 11.